The standard InChI is InChI=1S/C16H24ClN3O/c1-4-19(5-2)9-6-10-20-15-8-7-13(17)11-14(15)18-16(20)12-21-3/h7-8,11H,4-6,9-10,12H2,1-3H3. The predicted octanol–water partition coefficient (Wildman–Crippen LogP) is 3.57. The summed E-state index contributed by atoms with van der Waals surface area (Å²) >= 11 is 6.05. The molecular formula is C16H24ClN3O. The molecule has 1 heterocycles. The Hall–Kier alpha value is -1.10. The van der Waals surface area contributed by atoms with Gasteiger partial charge in [0.15, 0.2) is 0 Å². The van der Waals surface area contributed by atoms with E-state index >= 15 is 0 Å². The quantitative estimate of drug-likeness (QED) is 0.747. The third-order valence-electron chi connectivity index (χ3n) is 3.81. The highest BCUT2D eigenvalue weighted by atomic mass is 35.5. The minimum atomic E-state index is 0.525. The zero-order valence-corrected chi connectivity index (χ0v) is 13.9. The molecule has 1 aromatic heterocycles. The van der Waals surface area contributed by atoms with E-state index in [4.69, 9.17) is 16.3 Å². The number of halogens is 1. The number of hydrogen-bond donors (Lipinski definition) is 0. The predicted molar refractivity (Wildman–Crippen MR) is 87.9 cm³/mol. The van der Waals surface area contributed by atoms with Crippen LogP contribution in [0.2, 0.25) is 5.02 Å². The number of fused-ring (bicyclic) bond motifs is 1. The van der Waals surface area contributed by atoms with E-state index in [0.717, 1.165) is 54.5 Å². The van der Waals surface area contributed by atoms with Crippen LogP contribution in [0.4, 0.5) is 0 Å². The molecule has 1 aromatic carbocycles. The Morgan fingerprint density at radius 2 is 2.05 bits per heavy atom. The summed E-state index contributed by atoms with van der Waals surface area (Å²) in [6.45, 7) is 9.18. The topological polar surface area (TPSA) is 30.3 Å². The minimum Gasteiger partial charge on any atom is -0.377 e. The van der Waals surface area contributed by atoms with E-state index in [-0.39, 0.29) is 0 Å². The number of benzene rings is 1. The van der Waals surface area contributed by atoms with Crippen molar-refractivity contribution in [3.05, 3.63) is 29.0 Å². The van der Waals surface area contributed by atoms with E-state index in [2.05, 4.69) is 28.3 Å². The molecule has 0 amide bonds. The number of imidazole rings is 1. The smallest absolute Gasteiger partial charge is 0.135 e. The van der Waals surface area contributed by atoms with Crippen LogP contribution in [0, 0.1) is 0 Å². The van der Waals surface area contributed by atoms with E-state index in [1.54, 1.807) is 7.11 Å². The maximum atomic E-state index is 6.05. The number of methoxy groups -OCH3 is 1. The molecule has 0 saturated heterocycles. The van der Waals surface area contributed by atoms with Crippen molar-refractivity contribution < 1.29 is 4.74 Å². The molecule has 2 rings (SSSR count). The van der Waals surface area contributed by atoms with Crippen LogP contribution in [0.1, 0.15) is 26.1 Å². The first-order valence-electron chi connectivity index (χ1n) is 7.55. The van der Waals surface area contributed by atoms with Gasteiger partial charge in [-0.3, -0.25) is 0 Å². The summed E-state index contributed by atoms with van der Waals surface area (Å²) in [6.07, 6.45) is 1.10. The molecule has 5 heteroatoms. The van der Waals surface area contributed by atoms with Gasteiger partial charge in [0, 0.05) is 18.7 Å². The molecule has 0 bridgehead atoms. The molecule has 0 N–H and O–H groups in total. The lowest BCUT2D eigenvalue weighted by molar-refractivity contribution is 0.174. The van der Waals surface area contributed by atoms with Gasteiger partial charge in [-0.25, -0.2) is 4.98 Å². The van der Waals surface area contributed by atoms with Gasteiger partial charge >= 0.3 is 0 Å². The second-order valence-electron chi connectivity index (χ2n) is 5.13. The van der Waals surface area contributed by atoms with Gasteiger partial charge in [-0.1, -0.05) is 25.4 Å². The lowest BCUT2D eigenvalue weighted by Gasteiger charge is -2.18. The van der Waals surface area contributed by atoms with Gasteiger partial charge in [-0.15, -0.1) is 0 Å². The van der Waals surface area contributed by atoms with Gasteiger partial charge in [0.1, 0.15) is 12.4 Å². The molecule has 0 atom stereocenters. The molecule has 0 unspecified atom stereocenters. The maximum absolute atomic E-state index is 6.05. The van der Waals surface area contributed by atoms with Crippen molar-refractivity contribution in [3.63, 3.8) is 0 Å². The largest absolute Gasteiger partial charge is 0.377 e. The van der Waals surface area contributed by atoms with Gasteiger partial charge in [0.2, 0.25) is 0 Å². The van der Waals surface area contributed by atoms with Crippen LogP contribution in [0.3, 0.4) is 0 Å². The first kappa shape index (κ1) is 16.3. The van der Waals surface area contributed by atoms with Crippen molar-refractivity contribution in [1.82, 2.24) is 14.5 Å². The highest BCUT2D eigenvalue weighted by molar-refractivity contribution is 6.31. The van der Waals surface area contributed by atoms with Gasteiger partial charge in [-0.05, 0) is 44.3 Å². The van der Waals surface area contributed by atoms with Crippen LogP contribution in [0.15, 0.2) is 18.2 Å². The summed E-state index contributed by atoms with van der Waals surface area (Å²) in [5, 5.41) is 0.722. The van der Waals surface area contributed by atoms with Crippen LogP contribution < -0.4 is 0 Å². The van der Waals surface area contributed by atoms with E-state index < -0.39 is 0 Å². The maximum Gasteiger partial charge on any atom is 0.135 e. The number of hydrogen-bond acceptors (Lipinski definition) is 3. The zero-order valence-electron chi connectivity index (χ0n) is 13.1. The minimum absolute atomic E-state index is 0.525. The van der Waals surface area contributed by atoms with Crippen LogP contribution in [0.25, 0.3) is 11.0 Å². The highest BCUT2D eigenvalue weighted by Gasteiger charge is 2.11. The molecule has 0 radical (unpaired) electrons. The molecule has 0 aliphatic carbocycles. The Morgan fingerprint density at radius 1 is 1.29 bits per heavy atom. The third-order valence-corrected chi connectivity index (χ3v) is 4.05. The molecule has 4 nitrogen and oxygen atoms in total. The monoisotopic (exact) mass is 309 g/mol. The van der Waals surface area contributed by atoms with Crippen molar-refractivity contribution in [2.24, 2.45) is 0 Å². The molecular weight excluding hydrogens is 286 g/mol. The molecule has 116 valence electrons. The number of nitrogens with zero attached hydrogens (tertiary/aromatic N) is 3. The summed E-state index contributed by atoms with van der Waals surface area (Å²) in [4.78, 5) is 7.08. The van der Waals surface area contributed by atoms with Crippen LogP contribution in [0.5, 0.6) is 0 Å². The van der Waals surface area contributed by atoms with Crippen molar-refractivity contribution >= 4 is 22.6 Å². The fourth-order valence-corrected chi connectivity index (χ4v) is 2.80. The summed E-state index contributed by atoms with van der Waals surface area (Å²) in [5.74, 6) is 0.967. The summed E-state index contributed by atoms with van der Waals surface area (Å²) in [5.41, 5.74) is 2.07. The van der Waals surface area contributed by atoms with Crippen molar-refractivity contribution in [3.8, 4) is 0 Å². The second kappa shape index (κ2) is 7.78. The van der Waals surface area contributed by atoms with Crippen LogP contribution in [-0.2, 0) is 17.9 Å². The van der Waals surface area contributed by atoms with Crippen molar-refractivity contribution in [2.75, 3.05) is 26.7 Å². The van der Waals surface area contributed by atoms with E-state index in [9.17, 15) is 0 Å². The van der Waals surface area contributed by atoms with E-state index in [1.165, 1.54) is 0 Å². The van der Waals surface area contributed by atoms with Gasteiger partial charge < -0.3 is 14.2 Å². The molecule has 21 heavy (non-hydrogen) atoms. The molecule has 0 aliphatic heterocycles. The van der Waals surface area contributed by atoms with E-state index in [0.29, 0.717) is 6.61 Å². The van der Waals surface area contributed by atoms with Gasteiger partial charge in [0.25, 0.3) is 0 Å². The zero-order chi connectivity index (χ0) is 15.2. The Morgan fingerprint density at radius 3 is 2.71 bits per heavy atom. The Balaban J connectivity index is 2.18. The third kappa shape index (κ3) is 3.96. The summed E-state index contributed by atoms with van der Waals surface area (Å²) in [7, 11) is 1.70. The summed E-state index contributed by atoms with van der Waals surface area (Å²) < 4.78 is 7.52. The van der Waals surface area contributed by atoms with Gasteiger partial charge in [-0.2, -0.15) is 0 Å². The normalized spacial score (nSPS) is 11.7. The van der Waals surface area contributed by atoms with Gasteiger partial charge in [0.05, 0.1) is 11.0 Å². The Bertz CT molecular complexity index is 578. The number of aryl methyl sites for hydroxylation is 1. The highest BCUT2D eigenvalue weighted by Crippen LogP contribution is 2.21. The molecule has 0 aliphatic rings. The SMILES string of the molecule is CCN(CC)CCCn1c(COC)nc2cc(Cl)ccc21. The van der Waals surface area contributed by atoms with Crippen molar-refractivity contribution in [2.45, 2.75) is 33.4 Å². The first-order chi connectivity index (χ1) is 10.2. The fourth-order valence-electron chi connectivity index (χ4n) is 2.63. The van der Waals surface area contributed by atoms with Crippen molar-refractivity contribution in [1.29, 1.82) is 0 Å². The average molecular weight is 310 g/mol. The Labute approximate surface area is 131 Å². The second-order valence-corrected chi connectivity index (χ2v) is 5.56. The summed E-state index contributed by atoms with van der Waals surface area (Å²) in [6, 6.07) is 5.88. The Kier molecular flexibility index (Phi) is 6.03. The molecule has 0 spiro atoms. The molecule has 0 fully saturated rings. The lowest BCUT2D eigenvalue weighted by atomic mass is 10.3. The fraction of sp³-hybridized carbons (Fsp3) is 0.562. The average Bonchev–Trinajstić information content (AvgIpc) is 2.81. The number of aromatic nitrogens is 2. The van der Waals surface area contributed by atoms with Crippen LogP contribution in [-0.4, -0.2) is 41.2 Å². The number of rotatable bonds is 8. The molecule has 2 aromatic rings. The number of ether oxygens (including phenoxy) is 1. The first-order valence-corrected chi connectivity index (χ1v) is 7.93. The lowest BCUT2D eigenvalue weighted by Crippen LogP contribution is -2.25. The van der Waals surface area contributed by atoms with Crippen LogP contribution >= 0.6 is 11.6 Å². The van der Waals surface area contributed by atoms with E-state index in [1.807, 2.05) is 18.2 Å². The molecule has 0 saturated carbocycles.